The Kier molecular flexibility index (Phi) is 5.49. The smallest absolute Gasteiger partial charge is 0.221 e. The van der Waals surface area contributed by atoms with E-state index in [-0.39, 0.29) is 5.91 Å². The van der Waals surface area contributed by atoms with Crippen molar-refractivity contribution in [2.45, 2.75) is 27.2 Å². The van der Waals surface area contributed by atoms with Crippen molar-refractivity contribution in [3.63, 3.8) is 0 Å². The van der Waals surface area contributed by atoms with Crippen molar-refractivity contribution in [1.82, 2.24) is 5.32 Å². The lowest BCUT2D eigenvalue weighted by atomic mass is 10.2. The molecule has 0 radical (unpaired) electrons. The second kappa shape index (κ2) is 6.89. The highest BCUT2D eigenvalue weighted by molar-refractivity contribution is 5.76. The van der Waals surface area contributed by atoms with Gasteiger partial charge in [0.2, 0.25) is 5.91 Å². The van der Waals surface area contributed by atoms with Gasteiger partial charge in [0.25, 0.3) is 0 Å². The van der Waals surface area contributed by atoms with E-state index in [1.807, 2.05) is 25.1 Å². The quantitative estimate of drug-likeness (QED) is 0.677. The molecule has 0 aliphatic carbocycles. The van der Waals surface area contributed by atoms with Gasteiger partial charge in [0.1, 0.15) is 0 Å². The van der Waals surface area contributed by atoms with E-state index in [2.05, 4.69) is 24.5 Å². The average Bonchev–Trinajstić information content (AvgIpc) is 2.31. The van der Waals surface area contributed by atoms with Crippen molar-refractivity contribution in [2.75, 3.05) is 24.1 Å². The molecule has 18 heavy (non-hydrogen) atoms. The Labute approximate surface area is 109 Å². The highest BCUT2D eigenvalue weighted by Crippen LogP contribution is 2.19. The summed E-state index contributed by atoms with van der Waals surface area (Å²) in [6.07, 6.45) is 0.458. The van der Waals surface area contributed by atoms with Gasteiger partial charge in [-0.15, -0.1) is 0 Å². The number of nitrogen functional groups attached to an aromatic ring is 1. The van der Waals surface area contributed by atoms with Crippen LogP contribution in [0.1, 0.15) is 25.8 Å². The van der Waals surface area contributed by atoms with Crippen LogP contribution in [0, 0.1) is 12.8 Å². The summed E-state index contributed by atoms with van der Waals surface area (Å²) in [7, 11) is 0. The number of hydrogen-bond acceptors (Lipinski definition) is 3. The van der Waals surface area contributed by atoms with Crippen molar-refractivity contribution in [2.24, 2.45) is 5.92 Å². The lowest BCUT2D eigenvalue weighted by Gasteiger charge is -2.11. The van der Waals surface area contributed by atoms with E-state index >= 15 is 0 Å². The topological polar surface area (TPSA) is 67.1 Å². The summed E-state index contributed by atoms with van der Waals surface area (Å²) in [4.78, 5) is 11.5. The van der Waals surface area contributed by atoms with Crippen LogP contribution in [0.5, 0.6) is 0 Å². The molecular formula is C14H23N3O. The number of amides is 1. The minimum atomic E-state index is 0.0717. The molecule has 0 saturated heterocycles. The van der Waals surface area contributed by atoms with Gasteiger partial charge in [0.05, 0.1) is 11.4 Å². The second-order valence-electron chi connectivity index (χ2n) is 4.97. The third-order valence-electron chi connectivity index (χ3n) is 2.58. The fourth-order valence-corrected chi connectivity index (χ4v) is 1.54. The van der Waals surface area contributed by atoms with Crippen LogP contribution in [-0.2, 0) is 4.79 Å². The molecule has 0 heterocycles. The number of carbonyl (C=O) groups excluding carboxylic acids is 1. The summed E-state index contributed by atoms with van der Waals surface area (Å²) < 4.78 is 0. The third-order valence-corrected chi connectivity index (χ3v) is 2.58. The first kappa shape index (κ1) is 14.4. The Bertz CT molecular complexity index is 402. The molecule has 1 aromatic rings. The molecule has 1 rings (SSSR count). The van der Waals surface area contributed by atoms with E-state index in [0.29, 0.717) is 24.6 Å². The molecule has 0 fully saturated rings. The van der Waals surface area contributed by atoms with Gasteiger partial charge in [-0.05, 0) is 30.5 Å². The summed E-state index contributed by atoms with van der Waals surface area (Å²) in [5, 5.41) is 6.07. The van der Waals surface area contributed by atoms with Crippen LogP contribution in [0.25, 0.3) is 0 Å². The largest absolute Gasteiger partial charge is 0.397 e. The standard InChI is InChI=1S/C14H23N3O/c1-10(2)9-17-14(18)6-7-16-13-8-11(3)4-5-12(13)15/h4-5,8,10,16H,6-7,9,15H2,1-3H3,(H,17,18). The Morgan fingerprint density at radius 1 is 1.39 bits per heavy atom. The van der Waals surface area contributed by atoms with E-state index in [9.17, 15) is 4.79 Å². The molecule has 4 nitrogen and oxygen atoms in total. The van der Waals surface area contributed by atoms with Crippen LogP contribution in [0.2, 0.25) is 0 Å². The maximum Gasteiger partial charge on any atom is 0.221 e. The first-order chi connectivity index (χ1) is 8.49. The predicted octanol–water partition coefficient (Wildman–Crippen LogP) is 2.15. The number of nitrogens with one attached hydrogen (secondary N) is 2. The van der Waals surface area contributed by atoms with E-state index in [1.165, 1.54) is 0 Å². The lowest BCUT2D eigenvalue weighted by molar-refractivity contribution is -0.120. The molecule has 0 spiro atoms. The Morgan fingerprint density at radius 3 is 2.78 bits per heavy atom. The van der Waals surface area contributed by atoms with Gasteiger partial charge in [-0.1, -0.05) is 19.9 Å². The fraction of sp³-hybridized carbons (Fsp3) is 0.500. The van der Waals surface area contributed by atoms with Crippen LogP contribution in [0.4, 0.5) is 11.4 Å². The fourth-order valence-electron chi connectivity index (χ4n) is 1.54. The Morgan fingerprint density at radius 2 is 2.11 bits per heavy atom. The van der Waals surface area contributed by atoms with Crippen molar-refractivity contribution in [1.29, 1.82) is 0 Å². The van der Waals surface area contributed by atoms with Crippen LogP contribution >= 0.6 is 0 Å². The van der Waals surface area contributed by atoms with E-state index in [0.717, 1.165) is 17.8 Å². The van der Waals surface area contributed by atoms with Gasteiger partial charge in [0, 0.05) is 19.5 Å². The third kappa shape index (κ3) is 5.08. The van der Waals surface area contributed by atoms with Gasteiger partial charge >= 0.3 is 0 Å². The molecule has 0 aliphatic heterocycles. The average molecular weight is 249 g/mol. The zero-order valence-electron chi connectivity index (χ0n) is 11.4. The maximum absolute atomic E-state index is 11.5. The number of aryl methyl sites for hydroxylation is 1. The number of nitrogens with two attached hydrogens (primary N) is 1. The number of anilines is 2. The summed E-state index contributed by atoms with van der Waals surface area (Å²) in [5.41, 5.74) is 8.60. The SMILES string of the molecule is Cc1ccc(N)c(NCCC(=O)NCC(C)C)c1. The number of benzene rings is 1. The molecule has 4 heteroatoms. The molecule has 0 atom stereocenters. The molecule has 0 unspecified atom stereocenters. The van der Waals surface area contributed by atoms with Crippen molar-refractivity contribution < 1.29 is 4.79 Å². The van der Waals surface area contributed by atoms with Gasteiger partial charge in [-0.25, -0.2) is 0 Å². The van der Waals surface area contributed by atoms with E-state index in [4.69, 9.17) is 5.73 Å². The van der Waals surface area contributed by atoms with Gasteiger partial charge < -0.3 is 16.4 Å². The van der Waals surface area contributed by atoms with E-state index < -0.39 is 0 Å². The molecule has 0 saturated carbocycles. The van der Waals surface area contributed by atoms with Crippen LogP contribution in [-0.4, -0.2) is 19.0 Å². The molecule has 0 aliphatic rings. The zero-order valence-corrected chi connectivity index (χ0v) is 11.4. The molecule has 1 aromatic carbocycles. The maximum atomic E-state index is 11.5. The van der Waals surface area contributed by atoms with Crippen LogP contribution < -0.4 is 16.4 Å². The second-order valence-corrected chi connectivity index (χ2v) is 4.97. The molecule has 4 N–H and O–H groups in total. The predicted molar refractivity (Wildman–Crippen MR) is 76.5 cm³/mol. The lowest BCUT2D eigenvalue weighted by Crippen LogP contribution is -2.28. The Balaban J connectivity index is 2.33. The first-order valence-corrected chi connectivity index (χ1v) is 6.35. The number of hydrogen-bond donors (Lipinski definition) is 3. The highest BCUT2D eigenvalue weighted by atomic mass is 16.1. The minimum absolute atomic E-state index is 0.0717. The van der Waals surface area contributed by atoms with Crippen molar-refractivity contribution in [3.05, 3.63) is 23.8 Å². The summed E-state index contributed by atoms with van der Waals surface area (Å²) in [6.45, 7) is 7.49. The molecule has 0 aromatic heterocycles. The first-order valence-electron chi connectivity index (χ1n) is 6.35. The molecule has 1 amide bonds. The molecule has 100 valence electrons. The normalized spacial score (nSPS) is 10.4. The summed E-state index contributed by atoms with van der Waals surface area (Å²) >= 11 is 0. The van der Waals surface area contributed by atoms with Crippen LogP contribution in [0.3, 0.4) is 0 Å². The summed E-state index contributed by atoms with van der Waals surface area (Å²) in [6, 6.07) is 5.83. The number of rotatable bonds is 6. The summed E-state index contributed by atoms with van der Waals surface area (Å²) in [5.74, 6) is 0.553. The zero-order chi connectivity index (χ0) is 13.5. The van der Waals surface area contributed by atoms with Crippen molar-refractivity contribution >= 4 is 17.3 Å². The highest BCUT2D eigenvalue weighted by Gasteiger charge is 2.03. The monoisotopic (exact) mass is 249 g/mol. The molecule has 0 bridgehead atoms. The minimum Gasteiger partial charge on any atom is -0.397 e. The van der Waals surface area contributed by atoms with Crippen molar-refractivity contribution in [3.8, 4) is 0 Å². The molecular weight excluding hydrogens is 226 g/mol. The Hall–Kier alpha value is -1.71. The van der Waals surface area contributed by atoms with Gasteiger partial charge in [-0.2, -0.15) is 0 Å². The van der Waals surface area contributed by atoms with Crippen LogP contribution in [0.15, 0.2) is 18.2 Å². The van der Waals surface area contributed by atoms with Gasteiger partial charge in [0.15, 0.2) is 0 Å². The number of carbonyl (C=O) groups is 1. The van der Waals surface area contributed by atoms with E-state index in [1.54, 1.807) is 0 Å². The van der Waals surface area contributed by atoms with Gasteiger partial charge in [-0.3, -0.25) is 4.79 Å².